The van der Waals surface area contributed by atoms with Crippen LogP contribution >= 0.6 is 11.8 Å². The minimum Gasteiger partial charge on any atom is -0.497 e. The summed E-state index contributed by atoms with van der Waals surface area (Å²) in [6.07, 6.45) is 1.59. The summed E-state index contributed by atoms with van der Waals surface area (Å²) in [6, 6.07) is 15.3. The Labute approximate surface area is 143 Å². The molecule has 0 saturated carbocycles. The van der Waals surface area contributed by atoms with Crippen LogP contribution in [0.25, 0.3) is 11.0 Å². The summed E-state index contributed by atoms with van der Waals surface area (Å²) < 4.78 is 5.08. The highest BCUT2D eigenvalue weighted by molar-refractivity contribution is 7.99. The Balaban J connectivity index is 1.49. The van der Waals surface area contributed by atoms with Crippen molar-refractivity contribution in [3.8, 4) is 5.75 Å². The lowest BCUT2D eigenvalue weighted by atomic mass is 10.2. The number of ether oxygens (including phenoxy) is 1. The molecule has 1 amide bonds. The number of benzene rings is 2. The molecule has 0 atom stereocenters. The molecule has 0 spiro atoms. The number of hydrogen-bond acceptors (Lipinski definition) is 4. The Hall–Kier alpha value is -2.80. The zero-order valence-electron chi connectivity index (χ0n) is 13.1. The van der Waals surface area contributed by atoms with Crippen molar-refractivity contribution in [3.63, 3.8) is 0 Å². The molecule has 0 fully saturated rings. The molecule has 0 saturated heterocycles. The van der Waals surface area contributed by atoms with E-state index in [0.29, 0.717) is 0 Å². The van der Waals surface area contributed by atoms with Crippen molar-refractivity contribution in [2.24, 2.45) is 5.10 Å². The van der Waals surface area contributed by atoms with Gasteiger partial charge in [0.05, 0.1) is 19.1 Å². The van der Waals surface area contributed by atoms with Gasteiger partial charge in [-0.05, 0) is 53.7 Å². The maximum Gasteiger partial charge on any atom is 0.315 e. The first-order chi connectivity index (χ1) is 11.7. The fourth-order valence-corrected chi connectivity index (χ4v) is 2.79. The largest absolute Gasteiger partial charge is 0.497 e. The van der Waals surface area contributed by atoms with Gasteiger partial charge in [0.2, 0.25) is 0 Å². The van der Waals surface area contributed by atoms with Crippen LogP contribution in [-0.4, -0.2) is 30.0 Å². The smallest absolute Gasteiger partial charge is 0.315 e. The second kappa shape index (κ2) is 7.65. The second-order valence-electron chi connectivity index (χ2n) is 4.98. The molecule has 0 bridgehead atoms. The number of nitrogens with zero attached hydrogens (tertiary/aromatic N) is 1. The van der Waals surface area contributed by atoms with Crippen LogP contribution in [-0.2, 0) is 4.79 Å². The lowest BCUT2D eigenvalue weighted by molar-refractivity contribution is -0.396. The van der Waals surface area contributed by atoms with E-state index in [1.165, 1.54) is 11.8 Å². The van der Waals surface area contributed by atoms with Crippen molar-refractivity contribution >= 4 is 34.9 Å². The number of nitrogens with one attached hydrogen (secondary N) is 3. The number of hydrazone groups is 1. The molecule has 1 heterocycles. The van der Waals surface area contributed by atoms with Crippen molar-refractivity contribution in [1.29, 1.82) is 0 Å². The van der Waals surface area contributed by atoms with E-state index in [4.69, 9.17) is 4.74 Å². The van der Waals surface area contributed by atoms with E-state index >= 15 is 0 Å². The van der Waals surface area contributed by atoms with E-state index in [-0.39, 0.29) is 11.7 Å². The number of amides is 1. The van der Waals surface area contributed by atoms with E-state index < -0.39 is 0 Å². The third-order valence-corrected chi connectivity index (χ3v) is 4.19. The molecule has 3 rings (SSSR count). The van der Waals surface area contributed by atoms with Gasteiger partial charge in [-0.25, -0.2) is 15.4 Å². The Kier molecular flexibility index (Phi) is 5.12. The van der Waals surface area contributed by atoms with E-state index in [1.807, 2.05) is 48.5 Å². The van der Waals surface area contributed by atoms with Gasteiger partial charge in [0, 0.05) is 0 Å². The van der Waals surface area contributed by atoms with Crippen LogP contribution in [0.3, 0.4) is 0 Å². The maximum atomic E-state index is 11.8. The zero-order chi connectivity index (χ0) is 16.8. The molecule has 6 nitrogen and oxygen atoms in total. The van der Waals surface area contributed by atoms with Gasteiger partial charge in [-0.3, -0.25) is 4.79 Å². The van der Waals surface area contributed by atoms with Gasteiger partial charge < -0.3 is 4.74 Å². The molecule has 7 heteroatoms. The zero-order valence-corrected chi connectivity index (χ0v) is 13.9. The number of carbonyl (C=O) groups is 1. The Bertz CT molecular complexity index is 825. The van der Waals surface area contributed by atoms with Crippen molar-refractivity contribution in [2.75, 3.05) is 12.9 Å². The summed E-state index contributed by atoms with van der Waals surface area (Å²) in [6.45, 7) is 0. The van der Waals surface area contributed by atoms with Crippen LogP contribution in [0.2, 0.25) is 0 Å². The summed E-state index contributed by atoms with van der Waals surface area (Å²) in [5.74, 6) is 0.877. The highest BCUT2D eigenvalue weighted by Crippen LogP contribution is 2.14. The molecule has 0 aliphatic rings. The summed E-state index contributed by atoms with van der Waals surface area (Å²) >= 11 is 1.39. The Morgan fingerprint density at radius 3 is 2.83 bits per heavy atom. The van der Waals surface area contributed by atoms with Gasteiger partial charge in [0.25, 0.3) is 5.91 Å². The second-order valence-corrected chi connectivity index (χ2v) is 5.97. The molecule has 24 heavy (non-hydrogen) atoms. The van der Waals surface area contributed by atoms with Crippen molar-refractivity contribution < 1.29 is 14.5 Å². The lowest BCUT2D eigenvalue weighted by Gasteiger charge is -1.99. The van der Waals surface area contributed by atoms with Gasteiger partial charge in [-0.2, -0.15) is 5.10 Å². The third kappa shape index (κ3) is 4.14. The summed E-state index contributed by atoms with van der Waals surface area (Å²) in [5.41, 5.74) is 5.42. The number of imidazole rings is 1. The number of aromatic nitrogens is 2. The fraction of sp³-hybridized carbons (Fsp3) is 0.118. The van der Waals surface area contributed by atoms with Crippen LogP contribution in [0.4, 0.5) is 0 Å². The van der Waals surface area contributed by atoms with Crippen molar-refractivity contribution in [2.45, 2.75) is 5.16 Å². The average molecular weight is 341 g/mol. The molecule has 0 aliphatic carbocycles. The molecule has 122 valence electrons. The lowest BCUT2D eigenvalue weighted by Crippen LogP contribution is -2.20. The first-order valence-electron chi connectivity index (χ1n) is 7.33. The predicted molar refractivity (Wildman–Crippen MR) is 94.3 cm³/mol. The maximum absolute atomic E-state index is 11.8. The molecule has 0 unspecified atom stereocenters. The van der Waals surface area contributed by atoms with Crippen molar-refractivity contribution in [1.82, 2.24) is 10.4 Å². The number of fused-ring (bicyclic) bond motifs is 1. The minimum absolute atomic E-state index is 0.170. The highest BCUT2D eigenvalue weighted by Gasteiger charge is 2.11. The Morgan fingerprint density at radius 1 is 1.29 bits per heavy atom. The van der Waals surface area contributed by atoms with Crippen LogP contribution < -0.4 is 15.1 Å². The molecule has 3 aromatic rings. The predicted octanol–water partition coefficient (Wildman–Crippen LogP) is 2.23. The number of para-hydroxylation sites is 2. The van der Waals surface area contributed by atoms with E-state index in [1.54, 1.807) is 13.3 Å². The first-order valence-corrected chi connectivity index (χ1v) is 8.32. The molecule has 0 aliphatic heterocycles. The van der Waals surface area contributed by atoms with Gasteiger partial charge in [0.1, 0.15) is 5.75 Å². The van der Waals surface area contributed by atoms with Crippen LogP contribution in [0.1, 0.15) is 5.56 Å². The molecular formula is C17H17N4O2S+. The topological polar surface area (TPSA) is 80.6 Å². The minimum atomic E-state index is -0.170. The summed E-state index contributed by atoms with van der Waals surface area (Å²) in [7, 11) is 1.62. The molecule has 1 aromatic heterocycles. The van der Waals surface area contributed by atoms with E-state index in [0.717, 1.165) is 27.5 Å². The average Bonchev–Trinajstić information content (AvgIpc) is 3.03. The highest BCUT2D eigenvalue weighted by atomic mass is 32.2. The number of methoxy groups -OCH3 is 1. The molecule has 2 aromatic carbocycles. The molecule has 0 radical (unpaired) electrons. The SMILES string of the molecule is COc1ccc(C=NNC(=O)CSc2[nH]c3ccccc3[nH+]2)cc1. The van der Waals surface area contributed by atoms with Gasteiger partial charge in [0.15, 0.2) is 11.0 Å². The normalized spacial score (nSPS) is 11.0. The number of rotatable bonds is 6. The third-order valence-electron chi connectivity index (χ3n) is 3.29. The number of aromatic amines is 2. The standard InChI is InChI=1S/C17H16N4O2S/c1-23-13-8-6-12(7-9-13)10-18-21-16(22)11-24-17-19-14-4-2-3-5-15(14)20-17/h2-10H,11H2,1H3,(H,19,20)(H,21,22)/p+1. The van der Waals surface area contributed by atoms with Gasteiger partial charge in [-0.15, -0.1) is 0 Å². The van der Waals surface area contributed by atoms with E-state index in [9.17, 15) is 4.79 Å². The Morgan fingerprint density at radius 2 is 2.08 bits per heavy atom. The summed E-state index contributed by atoms with van der Waals surface area (Å²) in [5, 5.41) is 4.79. The van der Waals surface area contributed by atoms with Crippen LogP contribution in [0.5, 0.6) is 5.75 Å². The first kappa shape index (κ1) is 16.1. The van der Waals surface area contributed by atoms with Gasteiger partial charge in [-0.1, -0.05) is 12.1 Å². The van der Waals surface area contributed by atoms with Crippen molar-refractivity contribution in [3.05, 3.63) is 54.1 Å². The van der Waals surface area contributed by atoms with E-state index in [2.05, 4.69) is 20.5 Å². The molecule has 3 N–H and O–H groups in total. The number of thioether (sulfide) groups is 1. The van der Waals surface area contributed by atoms with Crippen LogP contribution in [0, 0.1) is 0 Å². The molecular weight excluding hydrogens is 324 g/mol. The fourth-order valence-electron chi connectivity index (χ4n) is 2.09. The monoisotopic (exact) mass is 341 g/mol. The number of H-pyrrole nitrogens is 2. The summed E-state index contributed by atoms with van der Waals surface area (Å²) in [4.78, 5) is 18.3. The number of hydrogen-bond donors (Lipinski definition) is 2. The number of carbonyl (C=O) groups excluding carboxylic acids is 1. The quantitative estimate of drug-likeness (QED) is 0.410. The van der Waals surface area contributed by atoms with Crippen LogP contribution in [0.15, 0.2) is 58.8 Å². The van der Waals surface area contributed by atoms with Gasteiger partial charge >= 0.3 is 5.16 Å².